The van der Waals surface area contributed by atoms with Gasteiger partial charge in [-0.3, -0.25) is 9.59 Å². The first-order valence-corrected chi connectivity index (χ1v) is 11.2. The highest BCUT2D eigenvalue weighted by molar-refractivity contribution is 8.14. The second-order valence-corrected chi connectivity index (χ2v) is 9.94. The summed E-state index contributed by atoms with van der Waals surface area (Å²) in [6.07, 6.45) is 0.0907. The summed E-state index contributed by atoms with van der Waals surface area (Å²) in [5.41, 5.74) is 0. The number of benzene rings is 1. The molecule has 1 fully saturated rings. The number of thiophene rings is 1. The molecule has 0 saturated carbocycles. The van der Waals surface area contributed by atoms with E-state index in [9.17, 15) is 24.3 Å². The number of fused-ring (bicyclic) bond motifs is 1. The van der Waals surface area contributed by atoms with Gasteiger partial charge in [-0.1, -0.05) is 30.0 Å². The highest BCUT2D eigenvalue weighted by Crippen LogP contribution is 2.36. The minimum atomic E-state index is -1.19. The number of likely N-dealkylation sites (tertiary alicyclic amines) is 1. The van der Waals surface area contributed by atoms with E-state index in [-0.39, 0.29) is 23.5 Å². The molecule has 1 aliphatic rings. The lowest BCUT2D eigenvalue weighted by Gasteiger charge is -2.33. The number of thioether (sulfide) groups is 1. The van der Waals surface area contributed by atoms with Crippen LogP contribution in [0, 0.1) is 5.92 Å². The van der Waals surface area contributed by atoms with E-state index in [1.54, 1.807) is 19.9 Å². The van der Waals surface area contributed by atoms with E-state index < -0.39 is 27.7 Å². The summed E-state index contributed by atoms with van der Waals surface area (Å²) in [6.45, 7) is 4.90. The van der Waals surface area contributed by atoms with Gasteiger partial charge < -0.3 is 5.11 Å². The Morgan fingerprint density at radius 3 is 2.48 bits per heavy atom. The Morgan fingerprint density at radius 1 is 1.24 bits per heavy atom. The van der Waals surface area contributed by atoms with Crippen LogP contribution >= 0.6 is 23.1 Å². The van der Waals surface area contributed by atoms with Crippen molar-refractivity contribution >= 4 is 56.1 Å². The van der Waals surface area contributed by atoms with Gasteiger partial charge in [-0.25, -0.2) is 4.79 Å². The lowest BCUT2D eigenvalue weighted by atomic mass is 9.99. The van der Waals surface area contributed by atoms with Gasteiger partial charge in [0, 0.05) is 24.5 Å². The number of carboxylic acid groups (broad SMARTS) is 1. The fourth-order valence-electron chi connectivity index (χ4n) is 4.08. The van der Waals surface area contributed by atoms with E-state index in [4.69, 9.17) is 0 Å². The topological polar surface area (TPSA) is 88.5 Å². The standard InChI is InChI=1S/C21H23NO5S2/c1-12-7-6-10-22(12,21(26)27)20(25)13(2)19(28-14(3)23)18(24)17-11-15-8-4-5-9-16(15)29-17/h4-5,8-9,11-13,19H,6-7,10H2,1-3H3/p+1/t12-,13?,19?,22?/m1/s1. The van der Waals surface area contributed by atoms with Gasteiger partial charge in [-0.05, 0) is 31.4 Å². The molecule has 0 radical (unpaired) electrons. The quantitative estimate of drug-likeness (QED) is 0.548. The molecule has 1 aromatic carbocycles. The predicted molar refractivity (Wildman–Crippen MR) is 114 cm³/mol. The summed E-state index contributed by atoms with van der Waals surface area (Å²) in [6, 6.07) is 9.00. The van der Waals surface area contributed by atoms with Crippen LogP contribution in [0.25, 0.3) is 10.1 Å². The van der Waals surface area contributed by atoms with Crippen LogP contribution in [0.15, 0.2) is 30.3 Å². The van der Waals surface area contributed by atoms with Gasteiger partial charge in [-0.15, -0.1) is 11.3 Å². The average molecular weight is 435 g/mol. The average Bonchev–Trinajstić information content (AvgIpc) is 3.28. The Labute approximate surface area is 177 Å². The van der Waals surface area contributed by atoms with Crippen molar-refractivity contribution in [3.8, 4) is 0 Å². The molecule has 2 amide bonds. The van der Waals surface area contributed by atoms with Crippen molar-refractivity contribution in [1.29, 1.82) is 0 Å². The number of carbonyl (C=O) groups is 4. The van der Waals surface area contributed by atoms with Crippen LogP contribution in [-0.4, -0.2) is 50.3 Å². The maximum atomic E-state index is 13.4. The smallest absolute Gasteiger partial charge is 0.435 e. The second kappa shape index (κ2) is 8.38. The predicted octanol–water partition coefficient (Wildman–Crippen LogP) is 4.57. The molecule has 2 aromatic rings. The van der Waals surface area contributed by atoms with E-state index in [1.165, 1.54) is 18.3 Å². The van der Waals surface area contributed by atoms with E-state index in [2.05, 4.69) is 0 Å². The van der Waals surface area contributed by atoms with Gasteiger partial charge in [0.2, 0.25) is 0 Å². The third kappa shape index (κ3) is 3.89. The molecule has 3 unspecified atom stereocenters. The lowest BCUT2D eigenvalue weighted by Crippen LogP contribution is -2.61. The minimum absolute atomic E-state index is 0.216. The van der Waals surface area contributed by atoms with Crippen LogP contribution < -0.4 is 0 Å². The third-order valence-corrected chi connectivity index (χ3v) is 8.02. The van der Waals surface area contributed by atoms with E-state index >= 15 is 0 Å². The van der Waals surface area contributed by atoms with Crippen molar-refractivity contribution in [3.63, 3.8) is 0 Å². The molecule has 0 bridgehead atoms. The summed E-state index contributed by atoms with van der Waals surface area (Å²) in [5, 5.41) is 9.56. The molecule has 6 nitrogen and oxygen atoms in total. The summed E-state index contributed by atoms with van der Waals surface area (Å²) >= 11 is 2.13. The van der Waals surface area contributed by atoms with Crippen molar-refractivity contribution in [2.75, 3.05) is 6.54 Å². The molecule has 8 heteroatoms. The van der Waals surface area contributed by atoms with E-state index in [0.29, 0.717) is 17.7 Å². The molecule has 1 aromatic heterocycles. The fraction of sp³-hybridized carbons (Fsp3) is 0.429. The number of ketones is 1. The van der Waals surface area contributed by atoms with Crippen molar-refractivity contribution in [2.24, 2.45) is 5.92 Å². The van der Waals surface area contributed by atoms with E-state index in [1.807, 2.05) is 24.3 Å². The van der Waals surface area contributed by atoms with Gasteiger partial charge in [0.25, 0.3) is 0 Å². The summed E-state index contributed by atoms with van der Waals surface area (Å²) in [4.78, 5) is 51.1. The van der Waals surface area contributed by atoms with Gasteiger partial charge >= 0.3 is 12.0 Å². The SMILES string of the molecule is CC(=O)SC(C(=O)c1cc2ccccc2s1)C(C)C(=O)[N+]1(C(=O)O)CCC[C@H]1C. The largest absolute Gasteiger partial charge is 0.521 e. The summed E-state index contributed by atoms with van der Waals surface area (Å²) in [5.74, 6) is -1.71. The first-order valence-electron chi connectivity index (χ1n) is 9.54. The van der Waals surface area contributed by atoms with Gasteiger partial charge in [-0.2, -0.15) is 9.28 Å². The van der Waals surface area contributed by atoms with Gasteiger partial charge in [0.05, 0.1) is 22.6 Å². The molecular weight excluding hydrogens is 410 g/mol. The number of Topliss-reactive ketones (excluding diaryl/α,β-unsaturated/α-hetero) is 1. The third-order valence-electron chi connectivity index (χ3n) is 5.68. The molecule has 4 atom stereocenters. The van der Waals surface area contributed by atoms with Crippen LogP contribution in [0.3, 0.4) is 0 Å². The number of hydrogen-bond donors (Lipinski definition) is 1. The molecule has 1 saturated heterocycles. The van der Waals surface area contributed by atoms with E-state index in [0.717, 1.165) is 21.8 Å². The first kappa shape index (κ1) is 21.7. The lowest BCUT2D eigenvalue weighted by molar-refractivity contribution is -0.794. The normalized spacial score (nSPS) is 23.6. The molecule has 154 valence electrons. The maximum absolute atomic E-state index is 13.4. The Kier molecular flexibility index (Phi) is 6.26. The van der Waals surface area contributed by atoms with Gasteiger partial charge in [0.15, 0.2) is 10.9 Å². The van der Waals surface area contributed by atoms with Crippen molar-refractivity contribution in [3.05, 3.63) is 35.2 Å². The molecule has 2 heterocycles. The van der Waals surface area contributed by atoms with Crippen LogP contribution in [0.1, 0.15) is 43.3 Å². The van der Waals surface area contributed by atoms with Crippen LogP contribution in [-0.2, 0) is 9.59 Å². The number of hydrogen-bond acceptors (Lipinski definition) is 6. The number of carbonyl (C=O) groups excluding carboxylic acids is 3. The van der Waals surface area contributed by atoms with Crippen molar-refractivity contribution in [1.82, 2.24) is 0 Å². The molecule has 1 aliphatic heterocycles. The molecule has 3 rings (SSSR count). The van der Waals surface area contributed by atoms with Crippen molar-refractivity contribution in [2.45, 2.75) is 44.9 Å². The van der Waals surface area contributed by atoms with Crippen LogP contribution in [0.5, 0.6) is 0 Å². The van der Waals surface area contributed by atoms with Crippen molar-refractivity contribution < 1.29 is 28.8 Å². The summed E-state index contributed by atoms with van der Waals surface area (Å²) in [7, 11) is 0. The maximum Gasteiger partial charge on any atom is 0.521 e. The minimum Gasteiger partial charge on any atom is -0.435 e. The number of quaternary nitrogens is 1. The molecule has 0 aliphatic carbocycles. The number of rotatable bonds is 5. The zero-order valence-electron chi connectivity index (χ0n) is 16.6. The molecular formula is C21H24NO5S2+. The number of nitrogens with zero attached hydrogens (tertiary/aromatic N) is 1. The Balaban J connectivity index is 1.97. The fourth-order valence-corrected chi connectivity index (χ4v) is 6.11. The Morgan fingerprint density at radius 2 is 1.93 bits per heavy atom. The zero-order chi connectivity index (χ0) is 21.3. The number of imide groups is 1. The monoisotopic (exact) mass is 434 g/mol. The highest BCUT2D eigenvalue weighted by Gasteiger charge is 2.56. The molecule has 1 N–H and O–H groups in total. The Bertz CT molecular complexity index is 951. The molecule has 29 heavy (non-hydrogen) atoms. The first-order chi connectivity index (χ1) is 13.7. The second-order valence-electron chi connectivity index (χ2n) is 7.54. The number of amides is 2. The molecule has 0 spiro atoms. The summed E-state index contributed by atoms with van der Waals surface area (Å²) < 4.78 is 0.277. The highest BCUT2D eigenvalue weighted by atomic mass is 32.2. The van der Waals surface area contributed by atoms with Crippen LogP contribution in [0.2, 0.25) is 0 Å². The van der Waals surface area contributed by atoms with Gasteiger partial charge in [0.1, 0.15) is 6.04 Å². The Hall–Kier alpha value is -2.03. The van der Waals surface area contributed by atoms with Crippen LogP contribution in [0.4, 0.5) is 4.79 Å². The zero-order valence-corrected chi connectivity index (χ0v) is 18.2.